The summed E-state index contributed by atoms with van der Waals surface area (Å²) in [5.41, 5.74) is 17.5. The van der Waals surface area contributed by atoms with E-state index in [0.717, 1.165) is 25.1 Å². The Kier molecular flexibility index (Phi) is 24.6. The first-order valence-corrected chi connectivity index (χ1v) is 21.0. The number of nitrogens with two attached hydrogens (primary N) is 1. The van der Waals surface area contributed by atoms with Crippen molar-refractivity contribution in [1.82, 2.24) is 41.7 Å². The zero-order valence-corrected chi connectivity index (χ0v) is 37.4. The molecule has 1 heterocycles. The zero-order valence-electron chi connectivity index (χ0n) is 35.7. The second kappa shape index (κ2) is 28.6. The molecule has 1 radical (unpaired) electrons. The Balaban J connectivity index is 0.0000132. The van der Waals surface area contributed by atoms with Crippen LogP contribution in [0.5, 0.6) is 0 Å². The van der Waals surface area contributed by atoms with Crippen LogP contribution in [0.4, 0.5) is 0 Å². The van der Waals surface area contributed by atoms with Gasteiger partial charge in [0.15, 0.2) is 5.78 Å². The molecule has 3 aromatic rings. The number of carbonyl (C=O) groups excluding carboxylic acids is 6. The molecule has 0 saturated heterocycles. The number of rotatable bonds is 29. The molecule has 10 N–H and O–H groups in total. The van der Waals surface area contributed by atoms with Gasteiger partial charge in [0.25, 0.3) is 5.91 Å². The molecule has 0 spiro atoms. The number of carbonyl (C=O) groups is 6. The van der Waals surface area contributed by atoms with E-state index in [2.05, 4.69) is 31.6 Å². The summed E-state index contributed by atoms with van der Waals surface area (Å²) in [4.78, 5) is 76.4. The number of aromatic nitrogens is 3. The number of hydrogen-bond acceptors (Lipinski definition) is 11. The third kappa shape index (κ3) is 18.6. The molecule has 2 aromatic carbocycles. The summed E-state index contributed by atoms with van der Waals surface area (Å²) in [6.07, 6.45) is 5.57. The van der Waals surface area contributed by atoms with Crippen LogP contribution >= 0.6 is 0 Å². The molecule has 19 heteroatoms. The van der Waals surface area contributed by atoms with Crippen molar-refractivity contribution in [1.29, 1.82) is 0 Å². The standard InChI is InChI=1S/C43H63N10O8.Rh/c1-28(2)25-33(38(55)43(60)51-61)40(57)49-36(26-29-18-20-31(21-19-29)37(54)30-13-5-4-6-14-30)42(59)47-23-11-7-15-32-27-53(52-50-32)24-12-9-16-34(44)41(58)48-35(39(45)56)17-8-10-22-46-3;/h4-6,13-14,18-21,27-28,33-36,38,44,46,55,61H,7-12,15-17,22-26H2,1-3H3,(H2,45,56)(H,47,59)(H,48,58)(H,49,57)(H,51,60);/q-1;/t33-,34-,35+,36+,38+;/m1./s1. The van der Waals surface area contributed by atoms with Gasteiger partial charge in [0.05, 0.1) is 11.6 Å². The van der Waals surface area contributed by atoms with Gasteiger partial charge in [-0.15, -0.1) is 5.10 Å². The number of nitrogens with zero attached hydrogens (tertiary/aromatic N) is 3. The predicted octanol–water partition coefficient (Wildman–Crippen LogP) is 2.15. The maximum absolute atomic E-state index is 13.6. The number of primary amides is 1. The molecule has 3 rings (SSSR count). The van der Waals surface area contributed by atoms with Gasteiger partial charge in [0.2, 0.25) is 23.6 Å². The van der Waals surface area contributed by atoms with Gasteiger partial charge in [0, 0.05) is 56.3 Å². The van der Waals surface area contributed by atoms with E-state index in [0.29, 0.717) is 68.2 Å². The molecule has 0 unspecified atom stereocenters. The third-order valence-electron chi connectivity index (χ3n) is 10.2. The zero-order chi connectivity index (χ0) is 44.7. The molecule has 0 fully saturated rings. The van der Waals surface area contributed by atoms with Crippen LogP contribution in [-0.2, 0) is 62.8 Å². The normalized spacial score (nSPS) is 13.5. The van der Waals surface area contributed by atoms with Crippen LogP contribution in [0.2, 0.25) is 0 Å². The number of hydrogen-bond donors (Lipinski definition) is 8. The second-order valence-electron chi connectivity index (χ2n) is 15.6. The van der Waals surface area contributed by atoms with Crippen molar-refractivity contribution in [2.45, 2.75) is 115 Å². The van der Waals surface area contributed by atoms with Crippen LogP contribution in [0.1, 0.15) is 98.8 Å². The number of amides is 5. The van der Waals surface area contributed by atoms with Crippen molar-refractivity contribution >= 4 is 35.3 Å². The van der Waals surface area contributed by atoms with Crippen molar-refractivity contribution in [2.24, 2.45) is 17.6 Å². The first-order chi connectivity index (χ1) is 29.2. The van der Waals surface area contributed by atoms with Gasteiger partial charge in [-0.05, 0) is 76.4 Å². The van der Waals surface area contributed by atoms with Crippen LogP contribution in [0.15, 0.2) is 60.8 Å². The first kappa shape index (κ1) is 53.2. The smallest absolute Gasteiger partial charge is 0.272 e. The van der Waals surface area contributed by atoms with Gasteiger partial charge in [0.1, 0.15) is 18.2 Å². The van der Waals surface area contributed by atoms with Crippen LogP contribution in [0.3, 0.4) is 0 Å². The summed E-state index contributed by atoms with van der Waals surface area (Å²) in [5, 5.41) is 39.3. The molecule has 5 amide bonds. The van der Waals surface area contributed by atoms with Gasteiger partial charge < -0.3 is 37.8 Å². The Morgan fingerprint density at radius 3 is 2.08 bits per heavy atom. The van der Waals surface area contributed by atoms with Crippen molar-refractivity contribution in [3.05, 3.63) is 88.9 Å². The molecular weight excluding hydrogens is 887 g/mol. The van der Waals surface area contributed by atoms with Crippen LogP contribution in [0, 0.1) is 11.8 Å². The number of aryl methyl sites for hydroxylation is 2. The minimum Gasteiger partial charge on any atom is -0.667 e. The Morgan fingerprint density at radius 2 is 1.44 bits per heavy atom. The van der Waals surface area contributed by atoms with Crippen LogP contribution in [0.25, 0.3) is 5.73 Å². The van der Waals surface area contributed by atoms with E-state index in [-0.39, 0.29) is 50.6 Å². The summed E-state index contributed by atoms with van der Waals surface area (Å²) in [6, 6.07) is 12.6. The van der Waals surface area contributed by atoms with Gasteiger partial charge in [-0.2, -0.15) is 0 Å². The maximum Gasteiger partial charge on any atom is 0.272 e. The van der Waals surface area contributed by atoms with E-state index in [1.54, 1.807) is 53.2 Å². The Morgan fingerprint density at radius 1 is 0.790 bits per heavy atom. The van der Waals surface area contributed by atoms with Crippen LogP contribution in [-0.4, -0.2) is 105 Å². The Hall–Kier alpha value is -4.94. The SMILES string of the molecule is CNCCCC[C@H](NC(=O)[C@H]([NH-])CCCCn1cc(CCCCNC(=O)[C@H](Cc2ccc(C(=O)c3ccccc3)cc2)NC(=O)[C@H](CC(C)C)[C@H](O)C(=O)NO)nn1)C(N)=O.[Rh]. The van der Waals surface area contributed by atoms with Gasteiger partial charge in [-0.1, -0.05) is 92.5 Å². The van der Waals surface area contributed by atoms with Gasteiger partial charge >= 0.3 is 0 Å². The summed E-state index contributed by atoms with van der Waals surface area (Å²) >= 11 is 0. The molecule has 0 aliphatic heterocycles. The minimum atomic E-state index is -1.85. The largest absolute Gasteiger partial charge is 0.667 e. The van der Waals surface area contributed by atoms with Gasteiger partial charge in [-0.25, -0.2) is 5.48 Å². The topological polar surface area (TPSA) is 284 Å². The fraction of sp³-hybridized carbons (Fsp3) is 0.535. The number of aliphatic hydroxyl groups is 1. The van der Waals surface area contributed by atoms with Gasteiger partial charge in [-0.3, -0.25) is 38.7 Å². The molecular formula is C43H63N10O8Rh-. The summed E-state index contributed by atoms with van der Waals surface area (Å²) in [5.74, 6) is -4.97. The number of benzene rings is 2. The van der Waals surface area contributed by atoms with E-state index >= 15 is 0 Å². The Bertz CT molecular complexity index is 1850. The molecule has 0 aliphatic rings. The number of unbranched alkanes of at least 4 members (excludes halogenated alkanes) is 3. The second-order valence-corrected chi connectivity index (χ2v) is 15.6. The first-order valence-electron chi connectivity index (χ1n) is 21.0. The van der Waals surface area contributed by atoms with Crippen molar-refractivity contribution in [3.63, 3.8) is 0 Å². The Labute approximate surface area is 376 Å². The van der Waals surface area contributed by atoms with E-state index < -0.39 is 59.7 Å². The average Bonchev–Trinajstić information content (AvgIpc) is 3.71. The number of nitrogens with one attached hydrogen (secondary N) is 6. The average molecular weight is 951 g/mol. The van der Waals surface area contributed by atoms with Crippen molar-refractivity contribution in [2.75, 3.05) is 20.1 Å². The van der Waals surface area contributed by atoms with Crippen molar-refractivity contribution in [3.8, 4) is 0 Å². The van der Waals surface area contributed by atoms with E-state index in [4.69, 9.17) is 16.7 Å². The van der Waals surface area contributed by atoms with Crippen LogP contribution < -0.4 is 32.5 Å². The molecule has 1 aromatic heterocycles. The fourth-order valence-electron chi connectivity index (χ4n) is 6.70. The van der Waals surface area contributed by atoms with E-state index in [9.17, 15) is 33.9 Å². The molecule has 343 valence electrons. The molecule has 5 atom stereocenters. The predicted molar refractivity (Wildman–Crippen MR) is 228 cm³/mol. The molecule has 0 saturated carbocycles. The third-order valence-corrected chi connectivity index (χ3v) is 10.2. The molecule has 62 heavy (non-hydrogen) atoms. The summed E-state index contributed by atoms with van der Waals surface area (Å²) in [6.45, 7) is 5.25. The molecule has 18 nitrogen and oxygen atoms in total. The monoisotopic (exact) mass is 950 g/mol. The fourth-order valence-corrected chi connectivity index (χ4v) is 6.70. The maximum atomic E-state index is 13.6. The van der Waals surface area contributed by atoms with Crippen molar-refractivity contribution < 1.29 is 58.6 Å². The molecule has 0 aliphatic carbocycles. The number of ketones is 1. The number of aliphatic hydroxyl groups excluding tert-OH is 1. The van der Waals surface area contributed by atoms with E-state index in [1.807, 2.05) is 33.2 Å². The minimum absolute atomic E-state index is 0. The molecule has 0 bridgehead atoms. The summed E-state index contributed by atoms with van der Waals surface area (Å²) < 4.78 is 1.70. The number of hydroxylamine groups is 1. The van der Waals surface area contributed by atoms with E-state index in [1.165, 1.54) is 5.48 Å². The quantitative estimate of drug-likeness (QED) is 0.0164. The summed E-state index contributed by atoms with van der Waals surface area (Å²) in [7, 11) is 1.84.